The molecule has 5 aliphatic carbocycles. The van der Waals surface area contributed by atoms with Gasteiger partial charge in [-0.05, 0) is 106 Å². The van der Waals surface area contributed by atoms with Gasteiger partial charge in [-0.2, -0.15) is 0 Å². The van der Waals surface area contributed by atoms with E-state index in [0.29, 0.717) is 30.2 Å². The summed E-state index contributed by atoms with van der Waals surface area (Å²) >= 11 is 0. The Morgan fingerprint density at radius 3 is 2.23 bits per heavy atom. The van der Waals surface area contributed by atoms with Crippen molar-refractivity contribution in [2.45, 2.75) is 152 Å². The first-order chi connectivity index (χ1) is 17.2. The second-order valence-electron chi connectivity index (χ2n) is 14.3. The summed E-state index contributed by atoms with van der Waals surface area (Å²) in [5, 5.41) is 0. The summed E-state index contributed by atoms with van der Waals surface area (Å²) in [4.78, 5) is 3.17. The predicted molar refractivity (Wildman–Crippen MR) is 142 cm³/mol. The predicted octanol–water partition coefficient (Wildman–Crippen LogP) is 5.82. The fraction of sp³-hybridized carbons (Fsp3) is 1.00. The number of rotatable bonds is 3. The van der Waals surface area contributed by atoms with Crippen molar-refractivity contribution >= 4 is 0 Å². The molecule has 2 saturated heterocycles. The molecular weight excluding hydrogens is 430 g/mol. The molecule has 0 amide bonds. The lowest BCUT2D eigenvalue weighted by Crippen LogP contribution is -2.56. The smallest absolute Gasteiger partial charge is 0.0768 e. The van der Waals surface area contributed by atoms with Crippen molar-refractivity contribution in [3.63, 3.8) is 0 Å². The molecule has 4 heteroatoms. The first-order valence-electron chi connectivity index (χ1n) is 16.1. The summed E-state index contributed by atoms with van der Waals surface area (Å²) in [5.74, 6) is 6.04. The minimum Gasteiger partial charge on any atom is -0.373 e. The highest BCUT2D eigenvalue weighted by Gasteiger charge is 2.62. The van der Waals surface area contributed by atoms with Gasteiger partial charge >= 0.3 is 0 Å². The molecule has 198 valence electrons. The van der Waals surface area contributed by atoms with E-state index in [1.807, 2.05) is 0 Å². The third-order valence-electron chi connectivity index (χ3n) is 12.8. The van der Waals surface area contributed by atoms with Gasteiger partial charge < -0.3 is 16.2 Å². The van der Waals surface area contributed by atoms with E-state index >= 15 is 0 Å². The number of ether oxygens (including phenoxy) is 1. The van der Waals surface area contributed by atoms with Gasteiger partial charge in [0.2, 0.25) is 0 Å². The maximum absolute atomic E-state index is 7.14. The molecule has 11 unspecified atom stereocenters. The number of nitrogens with two attached hydrogens (primary N) is 2. The number of nitrogens with zero attached hydrogens (tertiary/aromatic N) is 1. The van der Waals surface area contributed by atoms with Crippen molar-refractivity contribution in [3.05, 3.63) is 0 Å². The van der Waals surface area contributed by atoms with Gasteiger partial charge in [0.1, 0.15) is 0 Å². The summed E-state index contributed by atoms with van der Waals surface area (Å²) in [6.45, 7) is 0. The van der Waals surface area contributed by atoms with Gasteiger partial charge in [-0.3, -0.25) is 4.90 Å². The third kappa shape index (κ3) is 4.16. The molecule has 4 N–H and O–H groups in total. The zero-order chi connectivity index (χ0) is 23.5. The highest BCUT2D eigenvalue weighted by Crippen LogP contribution is 2.59. The van der Waals surface area contributed by atoms with Gasteiger partial charge in [0.05, 0.1) is 18.4 Å². The van der Waals surface area contributed by atoms with Crippen LogP contribution in [0.1, 0.15) is 116 Å². The summed E-state index contributed by atoms with van der Waals surface area (Å²) in [7, 11) is 0. The first kappa shape index (κ1) is 23.9. The van der Waals surface area contributed by atoms with Crippen LogP contribution < -0.4 is 11.5 Å². The summed E-state index contributed by atoms with van der Waals surface area (Å²) in [6, 6.07) is 2.20. The van der Waals surface area contributed by atoms with Crippen molar-refractivity contribution in [1.29, 1.82) is 0 Å². The van der Waals surface area contributed by atoms with Crippen LogP contribution in [0.3, 0.4) is 0 Å². The second kappa shape index (κ2) is 9.86. The molecule has 0 bridgehead atoms. The average molecular weight is 484 g/mol. The van der Waals surface area contributed by atoms with E-state index in [1.165, 1.54) is 116 Å². The van der Waals surface area contributed by atoms with Crippen LogP contribution >= 0.6 is 0 Å². The Labute approximate surface area is 214 Å². The van der Waals surface area contributed by atoms with Gasteiger partial charge in [-0.15, -0.1) is 0 Å². The fourth-order valence-corrected chi connectivity index (χ4v) is 11.3. The van der Waals surface area contributed by atoms with Gasteiger partial charge in [-0.1, -0.05) is 51.4 Å². The molecule has 2 aliphatic heterocycles. The van der Waals surface area contributed by atoms with E-state index in [2.05, 4.69) is 4.90 Å². The Bertz CT molecular complexity index is 737. The van der Waals surface area contributed by atoms with Crippen molar-refractivity contribution in [3.8, 4) is 0 Å². The van der Waals surface area contributed by atoms with E-state index in [0.717, 1.165) is 41.5 Å². The number of fused-ring (bicyclic) bond motifs is 7. The molecule has 35 heavy (non-hydrogen) atoms. The molecule has 7 fully saturated rings. The molecule has 0 aromatic carbocycles. The molecule has 0 radical (unpaired) electrons. The van der Waals surface area contributed by atoms with Crippen LogP contribution in [0, 0.1) is 41.4 Å². The summed E-state index contributed by atoms with van der Waals surface area (Å²) < 4.78 is 7.14. The van der Waals surface area contributed by atoms with Gasteiger partial charge in [0, 0.05) is 18.1 Å². The molecule has 11 atom stereocenters. The maximum Gasteiger partial charge on any atom is 0.0768 e. The monoisotopic (exact) mass is 483 g/mol. The normalized spacial score (nSPS) is 51.0. The molecule has 0 aromatic rings. The van der Waals surface area contributed by atoms with E-state index < -0.39 is 0 Å². The zero-order valence-corrected chi connectivity index (χ0v) is 22.2. The Morgan fingerprint density at radius 1 is 0.600 bits per heavy atom. The average Bonchev–Trinajstić information content (AvgIpc) is 3.44. The molecule has 0 aromatic heterocycles. The van der Waals surface area contributed by atoms with Crippen LogP contribution in [0.5, 0.6) is 0 Å². The number of hydrogen-bond donors (Lipinski definition) is 2. The topological polar surface area (TPSA) is 64.5 Å². The Balaban J connectivity index is 1.19. The van der Waals surface area contributed by atoms with Crippen LogP contribution in [0.15, 0.2) is 0 Å². The zero-order valence-electron chi connectivity index (χ0n) is 22.2. The van der Waals surface area contributed by atoms with Crippen LogP contribution in [0.25, 0.3) is 0 Å². The molecule has 0 spiro atoms. The standard InChI is InChI=1S/C31H53N3O/c32-31(33)21-9-6-10-22(17-21)34-27-18-20(19-7-2-1-3-8-19)13-14-23(27)25-15-16-26-24-11-4-5-12-28(24)35-30(26)29(25)34/h19-31H,1-18,32-33H2. The van der Waals surface area contributed by atoms with Gasteiger partial charge in [0.15, 0.2) is 0 Å². The Morgan fingerprint density at radius 2 is 1.37 bits per heavy atom. The molecular formula is C31H53N3O. The van der Waals surface area contributed by atoms with E-state index in [1.54, 1.807) is 0 Å². The Kier molecular flexibility index (Phi) is 6.74. The second-order valence-corrected chi connectivity index (χ2v) is 14.3. The van der Waals surface area contributed by atoms with Crippen molar-refractivity contribution in [2.24, 2.45) is 52.9 Å². The van der Waals surface area contributed by atoms with Crippen molar-refractivity contribution in [1.82, 2.24) is 4.90 Å². The minimum atomic E-state index is -0.141. The molecule has 2 heterocycles. The van der Waals surface area contributed by atoms with Crippen molar-refractivity contribution < 1.29 is 4.74 Å². The summed E-state index contributed by atoms with van der Waals surface area (Å²) in [6.07, 6.45) is 26.7. The fourth-order valence-electron chi connectivity index (χ4n) is 11.3. The SMILES string of the molecule is NC(N)C1CCCC(N2C3CC(C4CCCCC4)CCC3C3CCC4C5CCCCC5OC4C32)C1. The molecule has 7 aliphatic rings. The third-order valence-corrected chi connectivity index (χ3v) is 12.8. The first-order valence-corrected chi connectivity index (χ1v) is 16.1. The Hall–Kier alpha value is -0.160. The van der Waals surface area contributed by atoms with Crippen LogP contribution in [-0.2, 0) is 4.74 Å². The minimum absolute atomic E-state index is 0.141. The number of likely N-dealkylation sites (tertiary alicyclic amines) is 1. The van der Waals surface area contributed by atoms with Crippen molar-refractivity contribution in [2.75, 3.05) is 0 Å². The highest BCUT2D eigenvalue weighted by atomic mass is 16.5. The molecule has 5 saturated carbocycles. The summed E-state index contributed by atoms with van der Waals surface area (Å²) in [5.41, 5.74) is 12.6. The molecule has 7 rings (SSSR count). The molecule has 4 nitrogen and oxygen atoms in total. The van der Waals surface area contributed by atoms with Crippen LogP contribution in [-0.4, -0.2) is 41.4 Å². The van der Waals surface area contributed by atoms with Crippen LogP contribution in [0.4, 0.5) is 0 Å². The maximum atomic E-state index is 7.14. The van der Waals surface area contributed by atoms with E-state index in [-0.39, 0.29) is 6.17 Å². The quantitative estimate of drug-likeness (QED) is 0.496. The van der Waals surface area contributed by atoms with E-state index in [9.17, 15) is 0 Å². The van der Waals surface area contributed by atoms with Gasteiger partial charge in [0.25, 0.3) is 0 Å². The number of hydrogen-bond acceptors (Lipinski definition) is 4. The van der Waals surface area contributed by atoms with E-state index in [4.69, 9.17) is 16.2 Å². The largest absolute Gasteiger partial charge is 0.373 e. The van der Waals surface area contributed by atoms with Gasteiger partial charge in [-0.25, -0.2) is 0 Å². The lowest BCUT2D eigenvalue weighted by molar-refractivity contribution is -0.0683. The van der Waals surface area contributed by atoms with Crippen LogP contribution in [0.2, 0.25) is 0 Å². The lowest BCUT2D eigenvalue weighted by atomic mass is 9.64. The highest BCUT2D eigenvalue weighted by molar-refractivity contribution is 5.13. The lowest BCUT2D eigenvalue weighted by Gasteiger charge is -2.48.